The first-order valence-corrected chi connectivity index (χ1v) is 3.76. The molecule has 70 valence electrons. The highest BCUT2D eigenvalue weighted by atomic mass is 16.5. The number of carbonyl (C=O) groups excluding carboxylic acids is 1. The van der Waals surface area contributed by atoms with E-state index in [-0.39, 0.29) is 6.42 Å². The number of hydrogen-bond donors (Lipinski definition) is 1. The van der Waals surface area contributed by atoms with Gasteiger partial charge in [0.2, 0.25) is 0 Å². The monoisotopic (exact) mass is 182 g/mol. The topological polar surface area (TPSA) is 72.3 Å². The van der Waals surface area contributed by atoms with Gasteiger partial charge in [-0.25, -0.2) is 14.8 Å². The second-order valence-electron chi connectivity index (χ2n) is 2.41. The summed E-state index contributed by atoms with van der Waals surface area (Å²) in [5, 5.41) is 9.22. The summed E-state index contributed by atoms with van der Waals surface area (Å²) in [5.74, 6) is -0.257. The molecule has 0 aliphatic rings. The first kappa shape index (κ1) is 9.60. The summed E-state index contributed by atoms with van der Waals surface area (Å²) in [6.07, 6.45) is 1.99. The fourth-order valence-corrected chi connectivity index (χ4v) is 0.828. The molecule has 1 atom stereocenters. The van der Waals surface area contributed by atoms with Crippen molar-refractivity contribution in [1.29, 1.82) is 0 Å². The van der Waals surface area contributed by atoms with Crippen LogP contribution in [-0.2, 0) is 16.0 Å². The maximum atomic E-state index is 10.8. The molecule has 0 saturated carbocycles. The van der Waals surface area contributed by atoms with E-state index in [4.69, 9.17) is 0 Å². The molecule has 0 aliphatic heterocycles. The number of carbonyl (C=O) groups is 1. The molecule has 5 nitrogen and oxygen atoms in total. The Bertz CT molecular complexity index is 276. The molecule has 1 heterocycles. The van der Waals surface area contributed by atoms with Crippen LogP contribution in [0, 0.1) is 0 Å². The van der Waals surface area contributed by atoms with E-state index in [1.54, 1.807) is 18.5 Å². The third-order valence-electron chi connectivity index (χ3n) is 1.47. The van der Waals surface area contributed by atoms with Crippen LogP contribution in [0.1, 0.15) is 5.82 Å². The number of methoxy groups -OCH3 is 1. The molecule has 0 bridgehead atoms. The Hall–Kier alpha value is -1.49. The lowest BCUT2D eigenvalue weighted by Gasteiger charge is -2.05. The molecule has 1 rings (SSSR count). The van der Waals surface area contributed by atoms with Gasteiger partial charge in [-0.15, -0.1) is 0 Å². The maximum Gasteiger partial charge on any atom is 0.335 e. The van der Waals surface area contributed by atoms with Crippen molar-refractivity contribution in [2.24, 2.45) is 0 Å². The van der Waals surface area contributed by atoms with E-state index < -0.39 is 12.1 Å². The smallest absolute Gasteiger partial charge is 0.335 e. The molecule has 1 aromatic heterocycles. The normalized spacial score (nSPS) is 12.2. The Kier molecular flexibility index (Phi) is 3.33. The van der Waals surface area contributed by atoms with Crippen LogP contribution in [0.5, 0.6) is 0 Å². The van der Waals surface area contributed by atoms with Crippen molar-refractivity contribution < 1.29 is 14.6 Å². The summed E-state index contributed by atoms with van der Waals surface area (Å²) in [6.45, 7) is 0. The standard InChI is InChI=1S/C8H10N2O3/c1-13-8(12)6(11)5-7-9-3-2-4-10-7/h2-4,6,11H,5H2,1H3. The molecule has 0 saturated heterocycles. The van der Waals surface area contributed by atoms with E-state index in [9.17, 15) is 9.90 Å². The van der Waals surface area contributed by atoms with Gasteiger partial charge in [0.05, 0.1) is 7.11 Å². The van der Waals surface area contributed by atoms with Gasteiger partial charge in [0, 0.05) is 18.8 Å². The number of nitrogens with zero attached hydrogens (tertiary/aromatic N) is 2. The molecule has 1 aromatic rings. The summed E-state index contributed by atoms with van der Waals surface area (Å²) in [4.78, 5) is 18.5. The average molecular weight is 182 g/mol. The Morgan fingerprint density at radius 1 is 1.62 bits per heavy atom. The molecule has 0 radical (unpaired) electrons. The zero-order valence-corrected chi connectivity index (χ0v) is 7.17. The zero-order chi connectivity index (χ0) is 9.68. The summed E-state index contributed by atoms with van der Waals surface area (Å²) < 4.78 is 4.34. The molecular formula is C8H10N2O3. The van der Waals surface area contributed by atoms with Gasteiger partial charge >= 0.3 is 5.97 Å². The van der Waals surface area contributed by atoms with Crippen molar-refractivity contribution in [3.63, 3.8) is 0 Å². The number of rotatable bonds is 3. The number of aromatic nitrogens is 2. The van der Waals surface area contributed by atoms with Gasteiger partial charge in [0.1, 0.15) is 5.82 Å². The van der Waals surface area contributed by atoms with Gasteiger partial charge in [-0.2, -0.15) is 0 Å². The summed E-state index contributed by atoms with van der Waals surface area (Å²) in [7, 11) is 1.22. The first-order valence-electron chi connectivity index (χ1n) is 3.76. The number of aliphatic hydroxyl groups is 1. The van der Waals surface area contributed by atoms with Crippen molar-refractivity contribution in [3.05, 3.63) is 24.3 Å². The van der Waals surface area contributed by atoms with Gasteiger partial charge in [-0.05, 0) is 6.07 Å². The minimum atomic E-state index is -1.19. The van der Waals surface area contributed by atoms with Crippen molar-refractivity contribution in [3.8, 4) is 0 Å². The summed E-state index contributed by atoms with van der Waals surface area (Å²) in [5.41, 5.74) is 0. The highest BCUT2D eigenvalue weighted by Crippen LogP contribution is 1.96. The fourth-order valence-electron chi connectivity index (χ4n) is 0.828. The Labute approximate surface area is 75.4 Å². The molecule has 0 spiro atoms. The Morgan fingerprint density at radius 3 is 2.77 bits per heavy atom. The summed E-state index contributed by atoms with van der Waals surface area (Å²) in [6, 6.07) is 1.66. The predicted molar refractivity (Wildman–Crippen MR) is 43.8 cm³/mol. The van der Waals surface area contributed by atoms with Gasteiger partial charge < -0.3 is 9.84 Å². The van der Waals surface area contributed by atoms with E-state index in [1.165, 1.54) is 7.11 Å². The fraction of sp³-hybridized carbons (Fsp3) is 0.375. The molecule has 0 amide bonds. The number of ether oxygens (including phenoxy) is 1. The highest BCUT2D eigenvalue weighted by molar-refractivity contribution is 5.74. The number of esters is 1. The van der Waals surface area contributed by atoms with Crippen LogP contribution < -0.4 is 0 Å². The molecule has 5 heteroatoms. The van der Waals surface area contributed by atoms with Crippen LogP contribution in [0.15, 0.2) is 18.5 Å². The maximum absolute atomic E-state index is 10.8. The third kappa shape index (κ3) is 2.79. The number of aliphatic hydroxyl groups excluding tert-OH is 1. The van der Waals surface area contributed by atoms with E-state index in [0.29, 0.717) is 5.82 Å². The molecule has 1 N–H and O–H groups in total. The van der Waals surface area contributed by atoms with Crippen molar-refractivity contribution in [2.75, 3.05) is 7.11 Å². The van der Waals surface area contributed by atoms with Crippen LogP contribution in [0.2, 0.25) is 0 Å². The number of hydrogen-bond acceptors (Lipinski definition) is 5. The minimum absolute atomic E-state index is 0.0769. The molecule has 13 heavy (non-hydrogen) atoms. The van der Waals surface area contributed by atoms with Crippen molar-refractivity contribution in [1.82, 2.24) is 9.97 Å². The minimum Gasteiger partial charge on any atom is -0.467 e. The van der Waals surface area contributed by atoms with Crippen LogP contribution in [0.4, 0.5) is 0 Å². The van der Waals surface area contributed by atoms with E-state index in [2.05, 4.69) is 14.7 Å². The Balaban J connectivity index is 2.55. The lowest BCUT2D eigenvalue weighted by atomic mass is 10.2. The van der Waals surface area contributed by atoms with Gasteiger partial charge in [-0.1, -0.05) is 0 Å². The molecular weight excluding hydrogens is 172 g/mol. The zero-order valence-electron chi connectivity index (χ0n) is 7.17. The van der Waals surface area contributed by atoms with Crippen molar-refractivity contribution in [2.45, 2.75) is 12.5 Å². The average Bonchev–Trinajstić information content (AvgIpc) is 2.18. The Morgan fingerprint density at radius 2 is 2.23 bits per heavy atom. The quantitative estimate of drug-likeness (QED) is 0.641. The summed E-state index contributed by atoms with van der Waals surface area (Å²) >= 11 is 0. The molecule has 1 unspecified atom stereocenters. The second-order valence-corrected chi connectivity index (χ2v) is 2.41. The largest absolute Gasteiger partial charge is 0.467 e. The SMILES string of the molecule is COC(=O)C(O)Cc1ncccn1. The van der Waals surface area contributed by atoms with Crippen LogP contribution in [-0.4, -0.2) is 34.3 Å². The van der Waals surface area contributed by atoms with E-state index in [1.807, 2.05) is 0 Å². The molecule has 0 aliphatic carbocycles. The van der Waals surface area contributed by atoms with Crippen LogP contribution in [0.3, 0.4) is 0 Å². The van der Waals surface area contributed by atoms with Gasteiger partial charge in [0.15, 0.2) is 6.10 Å². The lowest BCUT2D eigenvalue weighted by molar-refractivity contribution is -0.150. The molecule has 0 aromatic carbocycles. The molecule has 0 fully saturated rings. The van der Waals surface area contributed by atoms with Crippen molar-refractivity contribution >= 4 is 5.97 Å². The van der Waals surface area contributed by atoms with Crippen LogP contribution >= 0.6 is 0 Å². The first-order chi connectivity index (χ1) is 6.24. The lowest BCUT2D eigenvalue weighted by Crippen LogP contribution is -2.24. The van der Waals surface area contributed by atoms with E-state index >= 15 is 0 Å². The highest BCUT2D eigenvalue weighted by Gasteiger charge is 2.16. The van der Waals surface area contributed by atoms with Gasteiger partial charge in [0.25, 0.3) is 0 Å². The van der Waals surface area contributed by atoms with E-state index in [0.717, 1.165) is 0 Å². The predicted octanol–water partition coefficient (Wildman–Crippen LogP) is -0.447. The second kappa shape index (κ2) is 4.51. The third-order valence-corrected chi connectivity index (χ3v) is 1.47. The van der Waals surface area contributed by atoms with Crippen LogP contribution in [0.25, 0.3) is 0 Å². The van der Waals surface area contributed by atoms with Gasteiger partial charge in [-0.3, -0.25) is 0 Å².